The van der Waals surface area contributed by atoms with E-state index in [0.29, 0.717) is 23.8 Å². The van der Waals surface area contributed by atoms with Crippen LogP contribution in [-0.4, -0.2) is 45.5 Å². The monoisotopic (exact) mass is 483 g/mol. The van der Waals surface area contributed by atoms with Crippen molar-refractivity contribution in [2.24, 2.45) is 5.92 Å². The lowest BCUT2D eigenvalue weighted by atomic mass is 9.85. The van der Waals surface area contributed by atoms with Gasteiger partial charge in [0.15, 0.2) is 12.2 Å². The second-order valence-corrected chi connectivity index (χ2v) is 9.41. The minimum atomic E-state index is -0.730. The van der Waals surface area contributed by atoms with Crippen LogP contribution in [0, 0.1) is 5.92 Å². The van der Waals surface area contributed by atoms with Crippen molar-refractivity contribution < 1.29 is 19.1 Å². The van der Waals surface area contributed by atoms with E-state index in [-0.39, 0.29) is 24.8 Å². The molecule has 2 aromatic carbocycles. The highest BCUT2D eigenvalue weighted by Gasteiger charge is 2.39. The van der Waals surface area contributed by atoms with Gasteiger partial charge in [-0.2, -0.15) is 0 Å². The Bertz CT molecular complexity index is 1280. The lowest BCUT2D eigenvalue weighted by Gasteiger charge is -2.27. The molecule has 0 bridgehead atoms. The largest absolute Gasteiger partial charge is 0.444 e. The van der Waals surface area contributed by atoms with Gasteiger partial charge in [0, 0.05) is 30.6 Å². The summed E-state index contributed by atoms with van der Waals surface area (Å²) in [5, 5.41) is 13.3. The summed E-state index contributed by atoms with van der Waals surface area (Å²) >= 11 is 0. The van der Waals surface area contributed by atoms with E-state index in [9.17, 15) is 14.7 Å². The molecule has 2 amide bonds. The minimum absolute atomic E-state index is 0.143. The predicted molar refractivity (Wildman–Crippen MR) is 136 cm³/mol. The highest BCUT2D eigenvalue weighted by molar-refractivity contribution is 6.01. The fourth-order valence-corrected chi connectivity index (χ4v) is 4.85. The Morgan fingerprint density at radius 3 is 2.61 bits per heavy atom. The molecule has 36 heavy (non-hydrogen) atoms. The Balaban J connectivity index is 1.26. The molecule has 1 saturated heterocycles. The summed E-state index contributed by atoms with van der Waals surface area (Å²) in [6.45, 7) is 2.61. The molecule has 1 fully saturated rings. The minimum Gasteiger partial charge on any atom is -0.444 e. The molecule has 1 aliphatic heterocycles. The van der Waals surface area contributed by atoms with E-state index in [2.05, 4.69) is 17.2 Å². The molecule has 7 heteroatoms. The molecule has 5 rings (SSSR count). The van der Waals surface area contributed by atoms with Crippen LogP contribution in [0.15, 0.2) is 89.3 Å². The Morgan fingerprint density at radius 2 is 1.89 bits per heavy atom. The van der Waals surface area contributed by atoms with Crippen LogP contribution >= 0.6 is 0 Å². The molecule has 1 aliphatic carbocycles. The molecule has 3 atom stereocenters. The fourth-order valence-electron chi connectivity index (χ4n) is 4.85. The second kappa shape index (κ2) is 10.3. The standard InChI is InChI=1S/C29H29N3O4/c1-19-7-10-23(13-25(19)21-5-3-2-4-6-21)29(35)32-17-24(33)14-26(32)28(34)31-15-20-8-11-22(12-9-20)27-16-30-18-36-27/h2-6,8-13,16,18-19,24,26,33H,7,14-15,17H2,1H3,(H,31,34)/t19?,24-,26+/m1/s1. The third kappa shape index (κ3) is 5.02. The normalized spacial score (nSPS) is 21.6. The Kier molecular flexibility index (Phi) is 6.82. The maximum atomic E-state index is 13.5. The van der Waals surface area contributed by atoms with Gasteiger partial charge < -0.3 is 19.7 Å². The molecule has 0 spiro atoms. The number of β-amino-alcohol motifs (C(OH)–C–C–N with tert-alkyl or cyclic N) is 1. The number of aliphatic hydroxyl groups excluding tert-OH is 1. The van der Waals surface area contributed by atoms with Crippen LogP contribution in [0.5, 0.6) is 0 Å². The maximum absolute atomic E-state index is 13.5. The number of hydrogen-bond donors (Lipinski definition) is 2. The summed E-state index contributed by atoms with van der Waals surface area (Å²) in [7, 11) is 0. The van der Waals surface area contributed by atoms with Gasteiger partial charge in [-0.25, -0.2) is 4.98 Å². The van der Waals surface area contributed by atoms with Crippen molar-refractivity contribution >= 4 is 17.4 Å². The lowest BCUT2D eigenvalue weighted by molar-refractivity contribution is -0.135. The van der Waals surface area contributed by atoms with Gasteiger partial charge in [-0.05, 0) is 35.1 Å². The van der Waals surface area contributed by atoms with Crippen molar-refractivity contribution in [3.63, 3.8) is 0 Å². The van der Waals surface area contributed by atoms with Crippen molar-refractivity contribution in [1.82, 2.24) is 15.2 Å². The third-order valence-corrected chi connectivity index (χ3v) is 6.87. The number of likely N-dealkylation sites (tertiary alicyclic amines) is 1. The number of carbonyl (C=O) groups is 2. The van der Waals surface area contributed by atoms with Crippen LogP contribution in [0.25, 0.3) is 16.9 Å². The average molecular weight is 484 g/mol. The highest BCUT2D eigenvalue weighted by Crippen LogP contribution is 2.33. The number of carbonyl (C=O) groups excluding carboxylic acids is 2. The molecule has 0 radical (unpaired) electrons. The first-order chi connectivity index (χ1) is 17.5. The molecule has 1 unspecified atom stereocenters. The van der Waals surface area contributed by atoms with Crippen molar-refractivity contribution in [2.45, 2.75) is 38.5 Å². The molecule has 2 heterocycles. The first-order valence-corrected chi connectivity index (χ1v) is 12.2. The van der Waals surface area contributed by atoms with E-state index in [1.54, 1.807) is 6.20 Å². The van der Waals surface area contributed by atoms with E-state index in [1.807, 2.05) is 66.7 Å². The second-order valence-electron chi connectivity index (χ2n) is 9.41. The molecule has 184 valence electrons. The number of aromatic nitrogens is 1. The topological polar surface area (TPSA) is 95.7 Å². The maximum Gasteiger partial charge on any atom is 0.254 e. The van der Waals surface area contributed by atoms with E-state index >= 15 is 0 Å². The zero-order chi connectivity index (χ0) is 25.1. The van der Waals surface area contributed by atoms with Crippen LogP contribution in [0.4, 0.5) is 0 Å². The third-order valence-electron chi connectivity index (χ3n) is 6.87. The number of nitrogens with zero attached hydrogens (tertiary/aromatic N) is 2. The number of aliphatic hydroxyl groups is 1. The summed E-state index contributed by atoms with van der Waals surface area (Å²) in [6, 6.07) is 17.0. The van der Waals surface area contributed by atoms with E-state index < -0.39 is 12.1 Å². The number of oxazole rings is 1. The molecule has 7 nitrogen and oxygen atoms in total. The molecular formula is C29H29N3O4. The zero-order valence-corrected chi connectivity index (χ0v) is 20.1. The molecule has 3 aromatic rings. The zero-order valence-electron chi connectivity index (χ0n) is 20.1. The first-order valence-electron chi connectivity index (χ1n) is 12.2. The van der Waals surface area contributed by atoms with E-state index in [1.165, 1.54) is 11.3 Å². The number of amides is 2. The lowest BCUT2D eigenvalue weighted by Crippen LogP contribution is -2.46. The predicted octanol–water partition coefficient (Wildman–Crippen LogP) is 3.97. The molecule has 1 aromatic heterocycles. The van der Waals surface area contributed by atoms with Crippen LogP contribution in [0.3, 0.4) is 0 Å². The summed E-state index contributed by atoms with van der Waals surface area (Å²) in [5.74, 6) is 0.484. The van der Waals surface area contributed by atoms with E-state index in [0.717, 1.165) is 28.7 Å². The number of hydrogen-bond acceptors (Lipinski definition) is 5. The average Bonchev–Trinajstić information content (AvgIpc) is 3.58. The summed E-state index contributed by atoms with van der Waals surface area (Å²) < 4.78 is 5.31. The highest BCUT2D eigenvalue weighted by atomic mass is 16.3. The first kappa shape index (κ1) is 23.8. The SMILES string of the molecule is CC1CC=C(C(=O)N2C[C@H](O)C[C@H]2C(=O)NCc2ccc(-c3cnco3)cc2)C=C1c1ccccc1. The van der Waals surface area contributed by atoms with Gasteiger partial charge >= 0.3 is 0 Å². The van der Waals surface area contributed by atoms with Crippen LogP contribution in [0.2, 0.25) is 0 Å². The number of allylic oxidation sites excluding steroid dienone is 2. The summed E-state index contributed by atoms with van der Waals surface area (Å²) in [5.41, 5.74) is 4.59. The van der Waals surface area contributed by atoms with E-state index in [4.69, 9.17) is 4.42 Å². The summed E-state index contributed by atoms with van der Waals surface area (Å²) in [4.78, 5) is 32.0. The Hall–Kier alpha value is -3.97. The van der Waals surface area contributed by atoms with Gasteiger partial charge in [0.1, 0.15) is 6.04 Å². The number of rotatable bonds is 6. The van der Waals surface area contributed by atoms with Crippen molar-refractivity contribution in [2.75, 3.05) is 6.54 Å². The smallest absolute Gasteiger partial charge is 0.254 e. The van der Waals surface area contributed by atoms with Gasteiger partial charge in [0.05, 0.1) is 12.3 Å². The molecule has 2 N–H and O–H groups in total. The van der Waals surface area contributed by atoms with Crippen molar-refractivity contribution in [3.05, 3.63) is 96.0 Å². The number of benzene rings is 2. The molecule has 0 saturated carbocycles. The van der Waals surface area contributed by atoms with Crippen LogP contribution < -0.4 is 5.32 Å². The fraction of sp³-hybridized carbons (Fsp3) is 0.276. The van der Waals surface area contributed by atoms with Crippen LogP contribution in [0.1, 0.15) is 30.9 Å². The van der Waals surface area contributed by atoms with Gasteiger partial charge in [-0.15, -0.1) is 0 Å². The van der Waals surface area contributed by atoms with Gasteiger partial charge in [0.25, 0.3) is 5.91 Å². The van der Waals surface area contributed by atoms with Crippen LogP contribution in [-0.2, 0) is 16.1 Å². The Labute approximate surface area is 210 Å². The molecule has 2 aliphatic rings. The Morgan fingerprint density at radius 1 is 1.11 bits per heavy atom. The van der Waals surface area contributed by atoms with Gasteiger partial charge in [-0.3, -0.25) is 9.59 Å². The van der Waals surface area contributed by atoms with Gasteiger partial charge in [-0.1, -0.05) is 67.6 Å². The van der Waals surface area contributed by atoms with Gasteiger partial charge in [0.2, 0.25) is 5.91 Å². The van der Waals surface area contributed by atoms with Crippen molar-refractivity contribution in [3.8, 4) is 11.3 Å². The molecular weight excluding hydrogens is 454 g/mol. The number of nitrogens with one attached hydrogen (secondary N) is 1. The van der Waals surface area contributed by atoms with Crippen molar-refractivity contribution in [1.29, 1.82) is 0 Å². The summed E-state index contributed by atoms with van der Waals surface area (Å²) in [6.07, 6.45) is 7.14. The quantitative estimate of drug-likeness (QED) is 0.553.